The summed E-state index contributed by atoms with van der Waals surface area (Å²) >= 11 is 0. The Morgan fingerprint density at radius 1 is 1.45 bits per heavy atom. The smallest absolute Gasteiger partial charge is 0.221 e. The molecule has 1 aliphatic heterocycles. The van der Waals surface area contributed by atoms with Crippen molar-refractivity contribution in [2.24, 2.45) is 0 Å². The maximum atomic E-state index is 11.8. The summed E-state index contributed by atoms with van der Waals surface area (Å²) in [5.74, 6) is 0.859. The van der Waals surface area contributed by atoms with Crippen LogP contribution < -0.4 is 15.4 Å². The van der Waals surface area contributed by atoms with Crippen LogP contribution in [0.4, 0.5) is 0 Å². The number of rotatable bonds is 5. The molecule has 1 aromatic carbocycles. The molecule has 1 amide bonds. The van der Waals surface area contributed by atoms with E-state index in [4.69, 9.17) is 9.47 Å². The number of morpholine rings is 1. The van der Waals surface area contributed by atoms with Crippen LogP contribution in [0.5, 0.6) is 5.75 Å². The first kappa shape index (κ1) is 16.8. The van der Waals surface area contributed by atoms with Gasteiger partial charge in [0, 0.05) is 25.6 Å². The Hall–Kier alpha value is -1.30. The molecular formula is C14H21ClN2O3. The molecule has 0 spiro atoms. The topological polar surface area (TPSA) is 59.6 Å². The van der Waals surface area contributed by atoms with Crippen molar-refractivity contribution < 1.29 is 14.3 Å². The van der Waals surface area contributed by atoms with Crippen LogP contribution in [0.25, 0.3) is 0 Å². The standard InChI is InChI=1S/C14H20N2O3.ClH/c1-18-13-4-2-11(3-5-13)9-16-14(17)8-12-10-19-7-6-15-12;/h2-5,12,15H,6-10H2,1H3,(H,16,17);1H. The summed E-state index contributed by atoms with van der Waals surface area (Å²) in [5, 5.41) is 6.17. The summed E-state index contributed by atoms with van der Waals surface area (Å²) in [6, 6.07) is 7.79. The molecule has 0 bridgehead atoms. The fourth-order valence-electron chi connectivity index (χ4n) is 1.99. The highest BCUT2D eigenvalue weighted by molar-refractivity contribution is 5.85. The van der Waals surface area contributed by atoms with E-state index in [1.54, 1.807) is 7.11 Å². The van der Waals surface area contributed by atoms with Gasteiger partial charge < -0.3 is 20.1 Å². The third-order valence-electron chi connectivity index (χ3n) is 3.08. The SMILES string of the molecule is COc1ccc(CNC(=O)CC2COCCN2)cc1.Cl. The molecule has 0 saturated carbocycles. The first-order valence-electron chi connectivity index (χ1n) is 6.48. The normalized spacial score (nSPS) is 17.9. The predicted octanol–water partition coefficient (Wildman–Crippen LogP) is 1.11. The van der Waals surface area contributed by atoms with Crippen molar-refractivity contribution >= 4 is 18.3 Å². The maximum Gasteiger partial charge on any atom is 0.221 e. The largest absolute Gasteiger partial charge is 0.497 e. The molecule has 1 aromatic rings. The van der Waals surface area contributed by atoms with Gasteiger partial charge in [-0.15, -0.1) is 12.4 Å². The number of hydrogen-bond donors (Lipinski definition) is 2. The lowest BCUT2D eigenvalue weighted by Gasteiger charge is -2.23. The van der Waals surface area contributed by atoms with E-state index in [-0.39, 0.29) is 24.4 Å². The summed E-state index contributed by atoms with van der Waals surface area (Å²) < 4.78 is 10.4. The Balaban J connectivity index is 0.00000200. The number of ether oxygens (including phenoxy) is 2. The van der Waals surface area contributed by atoms with Gasteiger partial charge in [-0.2, -0.15) is 0 Å². The van der Waals surface area contributed by atoms with E-state index >= 15 is 0 Å². The van der Waals surface area contributed by atoms with Crippen LogP contribution in [0.1, 0.15) is 12.0 Å². The Morgan fingerprint density at radius 3 is 2.80 bits per heavy atom. The van der Waals surface area contributed by atoms with Crippen molar-refractivity contribution in [3.05, 3.63) is 29.8 Å². The molecule has 2 rings (SSSR count). The monoisotopic (exact) mass is 300 g/mol. The zero-order valence-electron chi connectivity index (χ0n) is 11.6. The van der Waals surface area contributed by atoms with Crippen LogP contribution in [0.2, 0.25) is 0 Å². The number of nitrogens with one attached hydrogen (secondary N) is 2. The molecule has 6 heteroatoms. The molecule has 1 unspecified atom stereocenters. The van der Waals surface area contributed by atoms with Gasteiger partial charge in [0.15, 0.2) is 0 Å². The minimum absolute atomic E-state index is 0. The minimum Gasteiger partial charge on any atom is -0.497 e. The number of benzene rings is 1. The molecule has 1 fully saturated rings. The summed E-state index contributed by atoms with van der Waals surface area (Å²) in [6.45, 7) is 2.69. The second-order valence-electron chi connectivity index (χ2n) is 4.55. The molecule has 0 aliphatic carbocycles. The van der Waals surface area contributed by atoms with E-state index in [9.17, 15) is 4.79 Å². The Bertz CT molecular complexity index is 405. The van der Waals surface area contributed by atoms with Crippen LogP contribution in [-0.4, -0.2) is 38.8 Å². The fraction of sp³-hybridized carbons (Fsp3) is 0.500. The van der Waals surface area contributed by atoms with Crippen LogP contribution in [-0.2, 0) is 16.1 Å². The number of methoxy groups -OCH3 is 1. The fourth-order valence-corrected chi connectivity index (χ4v) is 1.99. The van der Waals surface area contributed by atoms with Gasteiger partial charge in [-0.3, -0.25) is 4.79 Å². The van der Waals surface area contributed by atoms with Crippen molar-refractivity contribution in [1.29, 1.82) is 0 Å². The van der Waals surface area contributed by atoms with Crippen molar-refractivity contribution in [2.45, 2.75) is 19.0 Å². The Labute approximate surface area is 125 Å². The molecule has 1 heterocycles. The summed E-state index contributed by atoms with van der Waals surface area (Å²) in [4.78, 5) is 11.8. The Kier molecular flexibility index (Phi) is 7.36. The average Bonchev–Trinajstić information content (AvgIpc) is 2.47. The average molecular weight is 301 g/mol. The third kappa shape index (κ3) is 5.36. The van der Waals surface area contributed by atoms with Gasteiger partial charge in [0.25, 0.3) is 0 Å². The van der Waals surface area contributed by atoms with Crippen molar-refractivity contribution in [3.63, 3.8) is 0 Å². The summed E-state index contributed by atoms with van der Waals surface area (Å²) in [5.41, 5.74) is 1.06. The highest BCUT2D eigenvalue weighted by Gasteiger charge is 2.16. The number of halogens is 1. The first-order valence-corrected chi connectivity index (χ1v) is 6.48. The minimum atomic E-state index is 0. The molecule has 5 nitrogen and oxygen atoms in total. The molecule has 1 atom stereocenters. The highest BCUT2D eigenvalue weighted by atomic mass is 35.5. The van der Waals surface area contributed by atoms with E-state index in [2.05, 4.69) is 10.6 Å². The lowest BCUT2D eigenvalue weighted by Crippen LogP contribution is -2.44. The molecule has 20 heavy (non-hydrogen) atoms. The van der Waals surface area contributed by atoms with E-state index in [0.717, 1.165) is 24.5 Å². The number of hydrogen-bond acceptors (Lipinski definition) is 4. The quantitative estimate of drug-likeness (QED) is 0.855. The van der Waals surface area contributed by atoms with Crippen molar-refractivity contribution in [2.75, 3.05) is 26.9 Å². The molecular weight excluding hydrogens is 280 g/mol. The van der Waals surface area contributed by atoms with Crippen LogP contribution in [0.3, 0.4) is 0 Å². The first-order chi connectivity index (χ1) is 9.28. The van der Waals surface area contributed by atoms with Crippen molar-refractivity contribution in [1.82, 2.24) is 10.6 Å². The van der Waals surface area contributed by atoms with Gasteiger partial charge >= 0.3 is 0 Å². The van der Waals surface area contributed by atoms with Gasteiger partial charge in [0.2, 0.25) is 5.91 Å². The summed E-state index contributed by atoms with van der Waals surface area (Å²) in [7, 11) is 1.63. The second kappa shape index (κ2) is 8.79. The summed E-state index contributed by atoms with van der Waals surface area (Å²) in [6.07, 6.45) is 0.455. The van der Waals surface area contributed by atoms with E-state index in [1.807, 2.05) is 24.3 Å². The van der Waals surface area contributed by atoms with Crippen LogP contribution >= 0.6 is 12.4 Å². The van der Waals surface area contributed by atoms with Crippen molar-refractivity contribution in [3.8, 4) is 5.75 Å². The number of carbonyl (C=O) groups excluding carboxylic acids is 1. The maximum absolute atomic E-state index is 11.8. The third-order valence-corrected chi connectivity index (χ3v) is 3.08. The number of amides is 1. The zero-order chi connectivity index (χ0) is 13.5. The molecule has 1 saturated heterocycles. The molecule has 0 radical (unpaired) electrons. The molecule has 112 valence electrons. The Morgan fingerprint density at radius 2 is 2.20 bits per heavy atom. The van der Waals surface area contributed by atoms with E-state index < -0.39 is 0 Å². The molecule has 0 aromatic heterocycles. The lowest BCUT2D eigenvalue weighted by molar-refractivity contribution is -0.122. The van der Waals surface area contributed by atoms with Crippen LogP contribution in [0.15, 0.2) is 24.3 Å². The lowest BCUT2D eigenvalue weighted by atomic mass is 10.1. The van der Waals surface area contributed by atoms with Gasteiger partial charge in [-0.05, 0) is 17.7 Å². The van der Waals surface area contributed by atoms with Gasteiger partial charge in [0.05, 0.1) is 20.3 Å². The zero-order valence-corrected chi connectivity index (χ0v) is 12.4. The van der Waals surface area contributed by atoms with E-state index in [1.165, 1.54) is 0 Å². The highest BCUT2D eigenvalue weighted by Crippen LogP contribution is 2.11. The second-order valence-corrected chi connectivity index (χ2v) is 4.55. The predicted molar refractivity (Wildman–Crippen MR) is 79.3 cm³/mol. The van der Waals surface area contributed by atoms with E-state index in [0.29, 0.717) is 19.6 Å². The van der Waals surface area contributed by atoms with Gasteiger partial charge in [-0.1, -0.05) is 12.1 Å². The molecule has 1 aliphatic rings. The number of carbonyl (C=O) groups is 1. The van der Waals surface area contributed by atoms with Gasteiger partial charge in [0.1, 0.15) is 5.75 Å². The van der Waals surface area contributed by atoms with Gasteiger partial charge in [-0.25, -0.2) is 0 Å². The molecule has 2 N–H and O–H groups in total. The van der Waals surface area contributed by atoms with Crippen LogP contribution in [0, 0.1) is 0 Å².